The molecule has 1 atom stereocenters. The highest BCUT2D eigenvalue weighted by Crippen LogP contribution is 2.26. The van der Waals surface area contributed by atoms with Crippen molar-refractivity contribution in [2.75, 3.05) is 31.1 Å². The maximum atomic E-state index is 14.1. The summed E-state index contributed by atoms with van der Waals surface area (Å²) in [4.78, 5) is 4.60. The minimum Gasteiger partial charge on any atom is -0.368 e. The van der Waals surface area contributed by atoms with Crippen molar-refractivity contribution in [3.63, 3.8) is 0 Å². The van der Waals surface area contributed by atoms with E-state index in [0.29, 0.717) is 17.6 Å². The molecule has 1 aromatic rings. The van der Waals surface area contributed by atoms with Crippen molar-refractivity contribution in [1.29, 1.82) is 0 Å². The first-order chi connectivity index (χ1) is 9.19. The Hall–Kier alpha value is -0.800. The maximum Gasteiger partial charge on any atom is 0.146 e. The number of rotatable bonds is 5. The molecule has 1 fully saturated rings. The lowest BCUT2D eigenvalue weighted by Gasteiger charge is -2.26. The van der Waals surface area contributed by atoms with Gasteiger partial charge in [0.15, 0.2) is 0 Å². The Morgan fingerprint density at radius 1 is 1.37 bits per heavy atom. The number of nitrogens with zero attached hydrogens (tertiary/aromatic N) is 2. The third-order valence-electron chi connectivity index (χ3n) is 4.00. The minimum atomic E-state index is -0.154. The summed E-state index contributed by atoms with van der Waals surface area (Å²) >= 11 is 5.73. The SMILES string of the molecule is CCN(CC)C1CCN(c2ccc(CCl)cc2F)C1. The predicted octanol–water partition coefficient (Wildman–Crippen LogP) is 3.49. The molecular formula is C15H22ClFN2. The fraction of sp³-hybridized carbons (Fsp3) is 0.600. The molecular weight excluding hydrogens is 263 g/mol. The molecule has 0 radical (unpaired) electrons. The van der Waals surface area contributed by atoms with Crippen LogP contribution in [0.5, 0.6) is 0 Å². The van der Waals surface area contributed by atoms with E-state index in [1.807, 2.05) is 12.1 Å². The fourth-order valence-corrected chi connectivity index (χ4v) is 3.05. The zero-order chi connectivity index (χ0) is 13.8. The Morgan fingerprint density at radius 3 is 2.68 bits per heavy atom. The molecule has 1 heterocycles. The van der Waals surface area contributed by atoms with E-state index in [2.05, 4.69) is 23.6 Å². The highest BCUT2D eigenvalue weighted by atomic mass is 35.5. The van der Waals surface area contributed by atoms with Crippen LogP contribution in [0.15, 0.2) is 18.2 Å². The van der Waals surface area contributed by atoms with E-state index in [1.54, 1.807) is 6.07 Å². The van der Waals surface area contributed by atoms with Gasteiger partial charge in [0.1, 0.15) is 5.82 Å². The fourth-order valence-electron chi connectivity index (χ4n) is 2.89. The first-order valence-electron chi connectivity index (χ1n) is 7.03. The Bertz CT molecular complexity index is 421. The van der Waals surface area contributed by atoms with Crippen molar-refractivity contribution in [2.45, 2.75) is 32.2 Å². The molecule has 1 aliphatic heterocycles. The van der Waals surface area contributed by atoms with Crippen LogP contribution in [0.3, 0.4) is 0 Å². The summed E-state index contributed by atoms with van der Waals surface area (Å²) in [6.07, 6.45) is 1.11. The van der Waals surface area contributed by atoms with Gasteiger partial charge in [-0.3, -0.25) is 4.90 Å². The molecule has 0 amide bonds. The third kappa shape index (κ3) is 3.21. The maximum absolute atomic E-state index is 14.1. The Balaban J connectivity index is 2.08. The van der Waals surface area contributed by atoms with Gasteiger partial charge in [-0.1, -0.05) is 19.9 Å². The van der Waals surface area contributed by atoms with Crippen molar-refractivity contribution in [1.82, 2.24) is 4.90 Å². The number of hydrogen-bond donors (Lipinski definition) is 0. The molecule has 0 aliphatic carbocycles. The highest BCUT2D eigenvalue weighted by Gasteiger charge is 2.27. The number of likely N-dealkylation sites (N-methyl/N-ethyl adjacent to an activating group) is 1. The molecule has 0 spiro atoms. The van der Waals surface area contributed by atoms with E-state index in [-0.39, 0.29) is 5.82 Å². The molecule has 2 rings (SSSR count). The Kier molecular flexibility index (Phi) is 5.06. The Labute approximate surface area is 120 Å². The van der Waals surface area contributed by atoms with Gasteiger partial charge in [-0.25, -0.2) is 4.39 Å². The van der Waals surface area contributed by atoms with E-state index < -0.39 is 0 Å². The molecule has 0 saturated carbocycles. The van der Waals surface area contributed by atoms with Gasteiger partial charge in [0.25, 0.3) is 0 Å². The molecule has 1 unspecified atom stereocenters. The first kappa shape index (κ1) is 14.6. The summed E-state index contributed by atoms with van der Waals surface area (Å²) in [5, 5.41) is 0. The monoisotopic (exact) mass is 284 g/mol. The molecule has 0 aromatic heterocycles. The predicted molar refractivity (Wildman–Crippen MR) is 79.5 cm³/mol. The smallest absolute Gasteiger partial charge is 0.146 e. The highest BCUT2D eigenvalue weighted by molar-refractivity contribution is 6.17. The zero-order valence-corrected chi connectivity index (χ0v) is 12.5. The summed E-state index contributed by atoms with van der Waals surface area (Å²) < 4.78 is 14.1. The molecule has 4 heteroatoms. The third-order valence-corrected chi connectivity index (χ3v) is 4.31. The molecule has 19 heavy (non-hydrogen) atoms. The first-order valence-corrected chi connectivity index (χ1v) is 7.56. The average Bonchev–Trinajstić information content (AvgIpc) is 2.89. The Morgan fingerprint density at radius 2 is 2.11 bits per heavy atom. The molecule has 106 valence electrons. The van der Waals surface area contributed by atoms with Gasteiger partial charge in [-0.05, 0) is 37.2 Å². The van der Waals surface area contributed by atoms with Gasteiger partial charge in [-0.2, -0.15) is 0 Å². The van der Waals surface area contributed by atoms with E-state index in [4.69, 9.17) is 11.6 Å². The van der Waals surface area contributed by atoms with Crippen molar-refractivity contribution < 1.29 is 4.39 Å². The van der Waals surface area contributed by atoms with Crippen LogP contribution in [-0.2, 0) is 5.88 Å². The summed E-state index contributed by atoms with van der Waals surface area (Å²) in [6.45, 7) is 8.33. The molecule has 1 saturated heterocycles. The lowest BCUT2D eigenvalue weighted by atomic mass is 10.2. The van der Waals surface area contributed by atoms with Crippen molar-refractivity contribution >= 4 is 17.3 Å². The van der Waals surface area contributed by atoms with E-state index >= 15 is 0 Å². The number of benzene rings is 1. The quantitative estimate of drug-likeness (QED) is 0.764. The largest absolute Gasteiger partial charge is 0.368 e. The molecule has 0 N–H and O–H groups in total. The van der Waals surface area contributed by atoms with Crippen LogP contribution in [0.25, 0.3) is 0 Å². The minimum absolute atomic E-state index is 0.154. The van der Waals surface area contributed by atoms with Crippen LogP contribution < -0.4 is 4.90 Å². The number of alkyl halides is 1. The summed E-state index contributed by atoms with van der Waals surface area (Å²) in [5.74, 6) is 0.206. The normalized spacial score (nSPS) is 19.4. The van der Waals surface area contributed by atoms with Crippen molar-refractivity contribution in [3.8, 4) is 0 Å². The van der Waals surface area contributed by atoms with Crippen LogP contribution in [-0.4, -0.2) is 37.1 Å². The van der Waals surface area contributed by atoms with Crippen LogP contribution in [0.4, 0.5) is 10.1 Å². The number of halogens is 2. The summed E-state index contributed by atoms with van der Waals surface area (Å²) in [7, 11) is 0. The zero-order valence-electron chi connectivity index (χ0n) is 11.7. The van der Waals surface area contributed by atoms with Gasteiger partial charge in [0.05, 0.1) is 5.69 Å². The lowest BCUT2D eigenvalue weighted by Crippen LogP contribution is -2.37. The van der Waals surface area contributed by atoms with Gasteiger partial charge >= 0.3 is 0 Å². The van der Waals surface area contributed by atoms with Crippen LogP contribution in [0, 0.1) is 5.82 Å². The molecule has 2 nitrogen and oxygen atoms in total. The van der Waals surface area contributed by atoms with Crippen molar-refractivity contribution in [3.05, 3.63) is 29.6 Å². The van der Waals surface area contributed by atoms with Gasteiger partial charge in [0, 0.05) is 25.0 Å². The van der Waals surface area contributed by atoms with Gasteiger partial charge in [-0.15, -0.1) is 11.6 Å². The second-order valence-corrected chi connectivity index (χ2v) is 5.30. The topological polar surface area (TPSA) is 6.48 Å². The van der Waals surface area contributed by atoms with Crippen LogP contribution in [0.1, 0.15) is 25.8 Å². The van der Waals surface area contributed by atoms with Crippen LogP contribution in [0.2, 0.25) is 0 Å². The second-order valence-electron chi connectivity index (χ2n) is 5.03. The van der Waals surface area contributed by atoms with Gasteiger partial charge in [0.2, 0.25) is 0 Å². The van der Waals surface area contributed by atoms with E-state index in [1.165, 1.54) is 0 Å². The summed E-state index contributed by atoms with van der Waals surface area (Å²) in [6, 6.07) is 5.86. The van der Waals surface area contributed by atoms with Crippen LogP contribution >= 0.6 is 11.6 Å². The van der Waals surface area contributed by atoms with E-state index in [0.717, 1.165) is 38.2 Å². The number of anilines is 1. The molecule has 1 aromatic carbocycles. The van der Waals surface area contributed by atoms with Gasteiger partial charge < -0.3 is 4.90 Å². The molecule has 0 bridgehead atoms. The molecule has 1 aliphatic rings. The van der Waals surface area contributed by atoms with Crippen molar-refractivity contribution in [2.24, 2.45) is 0 Å². The standard InChI is InChI=1S/C15H22ClFN2/c1-3-18(4-2)13-7-8-19(11-13)15-6-5-12(10-16)9-14(15)17/h5-6,9,13H,3-4,7-8,10-11H2,1-2H3. The number of hydrogen-bond acceptors (Lipinski definition) is 2. The second kappa shape index (κ2) is 6.58. The van der Waals surface area contributed by atoms with E-state index in [9.17, 15) is 4.39 Å². The lowest BCUT2D eigenvalue weighted by molar-refractivity contribution is 0.232. The average molecular weight is 285 g/mol. The summed E-state index contributed by atoms with van der Waals surface area (Å²) in [5.41, 5.74) is 1.55.